The number of carbonyl (C=O) groups is 1. The van der Waals surface area contributed by atoms with Crippen molar-refractivity contribution in [1.29, 1.82) is 0 Å². The first kappa shape index (κ1) is 14.3. The summed E-state index contributed by atoms with van der Waals surface area (Å²) in [5.41, 5.74) is 6.08. The maximum atomic E-state index is 12.5. The number of rotatable bonds is 3. The predicted molar refractivity (Wildman–Crippen MR) is 80.3 cm³/mol. The molecule has 1 amide bonds. The topological polar surface area (TPSA) is 49.6 Å². The van der Waals surface area contributed by atoms with E-state index in [0.29, 0.717) is 11.8 Å². The lowest BCUT2D eigenvalue weighted by Crippen LogP contribution is -2.41. The van der Waals surface area contributed by atoms with E-state index >= 15 is 0 Å². The van der Waals surface area contributed by atoms with E-state index in [0.717, 1.165) is 32.4 Å². The Hall–Kier alpha value is -0.610. The molecule has 114 valence electrons. The third kappa shape index (κ3) is 3.17. The Morgan fingerprint density at radius 3 is 2.50 bits per heavy atom. The number of likely N-dealkylation sites (tertiary alicyclic amines) is 2. The zero-order chi connectivity index (χ0) is 13.9. The Balaban J connectivity index is 1.47. The van der Waals surface area contributed by atoms with Crippen LogP contribution < -0.4 is 5.73 Å². The molecule has 0 aromatic heterocycles. The first-order valence-electron chi connectivity index (χ1n) is 8.51. The van der Waals surface area contributed by atoms with Crippen molar-refractivity contribution in [3.05, 3.63) is 0 Å². The number of nitrogens with zero attached hydrogens (tertiary/aromatic N) is 2. The standard InChI is InChI=1S/C16H29N3O/c17-15-6-4-5-14(15)16(20)19-10-7-13(12-19)11-18-8-2-1-3-9-18/h13-15H,1-12,17H2. The van der Waals surface area contributed by atoms with E-state index in [1.807, 2.05) is 0 Å². The van der Waals surface area contributed by atoms with Crippen LogP contribution in [0.1, 0.15) is 44.9 Å². The fourth-order valence-corrected chi connectivity index (χ4v) is 4.22. The lowest BCUT2D eigenvalue weighted by atomic mass is 10.0. The van der Waals surface area contributed by atoms with Crippen molar-refractivity contribution < 1.29 is 4.79 Å². The largest absolute Gasteiger partial charge is 0.342 e. The Morgan fingerprint density at radius 2 is 1.80 bits per heavy atom. The molecular formula is C16H29N3O. The minimum atomic E-state index is 0.114. The Morgan fingerprint density at radius 1 is 1.00 bits per heavy atom. The van der Waals surface area contributed by atoms with E-state index in [1.54, 1.807) is 0 Å². The Bertz CT molecular complexity index is 341. The molecule has 4 heteroatoms. The summed E-state index contributed by atoms with van der Waals surface area (Å²) < 4.78 is 0. The van der Waals surface area contributed by atoms with Crippen LogP contribution in [0, 0.1) is 11.8 Å². The normalized spacial score (nSPS) is 35.6. The van der Waals surface area contributed by atoms with Crippen LogP contribution in [0.15, 0.2) is 0 Å². The molecule has 2 N–H and O–H groups in total. The lowest BCUT2D eigenvalue weighted by Gasteiger charge is -2.29. The molecule has 0 radical (unpaired) electrons. The van der Waals surface area contributed by atoms with Gasteiger partial charge in [-0.25, -0.2) is 0 Å². The second-order valence-electron chi connectivity index (χ2n) is 7.00. The third-order valence-corrected chi connectivity index (χ3v) is 5.45. The molecule has 1 aliphatic carbocycles. The van der Waals surface area contributed by atoms with Crippen LogP contribution in [-0.2, 0) is 4.79 Å². The summed E-state index contributed by atoms with van der Waals surface area (Å²) in [5, 5.41) is 0. The van der Waals surface area contributed by atoms with Crippen molar-refractivity contribution in [3.8, 4) is 0 Å². The molecule has 3 unspecified atom stereocenters. The molecular weight excluding hydrogens is 250 g/mol. The van der Waals surface area contributed by atoms with Gasteiger partial charge in [-0.2, -0.15) is 0 Å². The average Bonchev–Trinajstić information content (AvgIpc) is 3.08. The van der Waals surface area contributed by atoms with Gasteiger partial charge in [0.25, 0.3) is 0 Å². The summed E-state index contributed by atoms with van der Waals surface area (Å²) in [7, 11) is 0. The van der Waals surface area contributed by atoms with Gasteiger partial charge in [0.15, 0.2) is 0 Å². The number of nitrogens with two attached hydrogens (primary N) is 1. The number of hydrogen-bond acceptors (Lipinski definition) is 3. The van der Waals surface area contributed by atoms with Crippen LogP contribution in [0.4, 0.5) is 0 Å². The van der Waals surface area contributed by atoms with Gasteiger partial charge in [-0.15, -0.1) is 0 Å². The minimum absolute atomic E-state index is 0.114. The van der Waals surface area contributed by atoms with Gasteiger partial charge < -0.3 is 15.5 Å². The molecule has 1 saturated carbocycles. The van der Waals surface area contributed by atoms with Crippen molar-refractivity contribution in [3.63, 3.8) is 0 Å². The predicted octanol–water partition coefficient (Wildman–Crippen LogP) is 1.45. The maximum absolute atomic E-state index is 12.5. The minimum Gasteiger partial charge on any atom is -0.342 e. The molecule has 0 aromatic rings. The quantitative estimate of drug-likeness (QED) is 0.850. The molecule has 2 aliphatic heterocycles. The molecule has 2 heterocycles. The van der Waals surface area contributed by atoms with Crippen molar-refractivity contribution >= 4 is 5.91 Å². The van der Waals surface area contributed by atoms with E-state index in [4.69, 9.17) is 5.73 Å². The third-order valence-electron chi connectivity index (χ3n) is 5.45. The monoisotopic (exact) mass is 279 g/mol. The number of piperidine rings is 1. The van der Waals surface area contributed by atoms with E-state index in [9.17, 15) is 4.79 Å². The molecule has 0 spiro atoms. The van der Waals surface area contributed by atoms with Crippen LogP contribution in [0.25, 0.3) is 0 Å². The van der Waals surface area contributed by atoms with Crippen LogP contribution in [0.5, 0.6) is 0 Å². The average molecular weight is 279 g/mol. The highest BCUT2D eigenvalue weighted by Gasteiger charge is 2.36. The molecule has 20 heavy (non-hydrogen) atoms. The zero-order valence-corrected chi connectivity index (χ0v) is 12.6. The van der Waals surface area contributed by atoms with Crippen LogP contribution in [-0.4, -0.2) is 54.5 Å². The summed E-state index contributed by atoms with van der Waals surface area (Å²) in [6.07, 6.45) is 8.45. The van der Waals surface area contributed by atoms with Crippen LogP contribution in [0.2, 0.25) is 0 Å². The Kier molecular flexibility index (Phi) is 4.61. The SMILES string of the molecule is NC1CCCC1C(=O)N1CCC(CN2CCCCC2)C1. The second-order valence-corrected chi connectivity index (χ2v) is 7.00. The molecule has 0 bridgehead atoms. The van der Waals surface area contributed by atoms with Gasteiger partial charge in [0, 0.05) is 25.7 Å². The van der Waals surface area contributed by atoms with Gasteiger partial charge in [-0.1, -0.05) is 12.8 Å². The highest BCUT2D eigenvalue weighted by atomic mass is 16.2. The van der Waals surface area contributed by atoms with Gasteiger partial charge >= 0.3 is 0 Å². The van der Waals surface area contributed by atoms with Crippen molar-refractivity contribution in [2.24, 2.45) is 17.6 Å². The van der Waals surface area contributed by atoms with E-state index in [2.05, 4.69) is 9.80 Å². The van der Waals surface area contributed by atoms with Crippen LogP contribution in [0.3, 0.4) is 0 Å². The fraction of sp³-hybridized carbons (Fsp3) is 0.938. The summed E-state index contributed by atoms with van der Waals surface area (Å²) in [6, 6.07) is 0.114. The first-order chi connectivity index (χ1) is 9.74. The maximum Gasteiger partial charge on any atom is 0.227 e. The summed E-state index contributed by atoms with van der Waals surface area (Å²) in [6.45, 7) is 5.65. The summed E-state index contributed by atoms with van der Waals surface area (Å²) in [4.78, 5) is 17.2. The van der Waals surface area contributed by atoms with Gasteiger partial charge in [0.1, 0.15) is 0 Å². The van der Waals surface area contributed by atoms with E-state index in [-0.39, 0.29) is 12.0 Å². The molecule has 4 nitrogen and oxygen atoms in total. The molecule has 3 aliphatic rings. The van der Waals surface area contributed by atoms with Crippen molar-refractivity contribution in [2.75, 3.05) is 32.7 Å². The molecule has 3 rings (SSSR count). The van der Waals surface area contributed by atoms with E-state index in [1.165, 1.54) is 45.3 Å². The van der Waals surface area contributed by atoms with Crippen molar-refractivity contribution in [2.45, 2.75) is 51.0 Å². The van der Waals surface area contributed by atoms with Gasteiger partial charge in [0.2, 0.25) is 5.91 Å². The first-order valence-corrected chi connectivity index (χ1v) is 8.51. The fourth-order valence-electron chi connectivity index (χ4n) is 4.22. The van der Waals surface area contributed by atoms with E-state index < -0.39 is 0 Å². The van der Waals surface area contributed by atoms with Crippen molar-refractivity contribution in [1.82, 2.24) is 9.80 Å². The molecule has 3 atom stereocenters. The number of amides is 1. The highest BCUT2D eigenvalue weighted by Crippen LogP contribution is 2.28. The summed E-state index contributed by atoms with van der Waals surface area (Å²) >= 11 is 0. The molecule has 0 aromatic carbocycles. The highest BCUT2D eigenvalue weighted by molar-refractivity contribution is 5.80. The molecule has 3 fully saturated rings. The van der Waals surface area contributed by atoms with Gasteiger partial charge in [-0.05, 0) is 51.1 Å². The number of hydrogen-bond donors (Lipinski definition) is 1. The molecule has 2 saturated heterocycles. The van der Waals surface area contributed by atoms with Crippen LogP contribution >= 0.6 is 0 Å². The van der Waals surface area contributed by atoms with Gasteiger partial charge in [-0.3, -0.25) is 4.79 Å². The lowest BCUT2D eigenvalue weighted by molar-refractivity contribution is -0.134. The zero-order valence-electron chi connectivity index (χ0n) is 12.6. The second kappa shape index (κ2) is 6.44. The Labute approximate surface area is 122 Å². The summed E-state index contributed by atoms with van der Waals surface area (Å²) in [5.74, 6) is 1.15. The smallest absolute Gasteiger partial charge is 0.227 e. The van der Waals surface area contributed by atoms with Gasteiger partial charge in [0.05, 0.1) is 5.92 Å². The number of carbonyl (C=O) groups excluding carboxylic acids is 1.